The van der Waals surface area contributed by atoms with Gasteiger partial charge in [-0.25, -0.2) is 0 Å². The highest BCUT2D eigenvalue weighted by atomic mass is 28.4. The molecule has 1 aliphatic carbocycles. The van der Waals surface area contributed by atoms with Gasteiger partial charge in [0.05, 0.1) is 0 Å². The number of rotatable bonds is 3. The van der Waals surface area contributed by atoms with Crippen molar-refractivity contribution in [2.24, 2.45) is 5.92 Å². The summed E-state index contributed by atoms with van der Waals surface area (Å²) in [6.07, 6.45) is 1.19. The molecule has 0 aromatic rings. The Kier molecular flexibility index (Phi) is 2.75. The number of hydrogen-bond donors (Lipinski definition) is 0. The second-order valence-corrected chi connectivity index (χ2v) is 10.4. The lowest BCUT2D eigenvalue weighted by Gasteiger charge is -2.36. The maximum absolute atomic E-state index is 6.07. The third-order valence-electron chi connectivity index (χ3n) is 3.38. The van der Waals surface area contributed by atoms with E-state index in [-0.39, 0.29) is 0 Å². The summed E-state index contributed by atoms with van der Waals surface area (Å²) in [5.41, 5.74) is 1.37. The second kappa shape index (κ2) is 3.25. The lowest BCUT2D eigenvalue weighted by Crippen LogP contribution is -2.41. The van der Waals surface area contributed by atoms with E-state index in [0.717, 1.165) is 6.61 Å². The first-order valence-electron chi connectivity index (χ1n) is 5.06. The minimum absolute atomic E-state index is 0.337. The zero-order valence-corrected chi connectivity index (χ0v) is 10.6. The molecule has 0 amide bonds. The van der Waals surface area contributed by atoms with E-state index in [0.29, 0.717) is 11.0 Å². The third kappa shape index (κ3) is 2.68. The van der Waals surface area contributed by atoms with Crippen molar-refractivity contribution >= 4 is 8.32 Å². The summed E-state index contributed by atoms with van der Waals surface area (Å²) in [7, 11) is -1.50. The summed E-state index contributed by atoms with van der Waals surface area (Å²) in [5, 5.41) is 0.337. The molecule has 0 heterocycles. The molecule has 13 heavy (non-hydrogen) atoms. The molecule has 0 bridgehead atoms. The van der Waals surface area contributed by atoms with Crippen LogP contribution in [-0.2, 0) is 4.43 Å². The van der Waals surface area contributed by atoms with Crippen molar-refractivity contribution in [3.05, 3.63) is 12.2 Å². The van der Waals surface area contributed by atoms with Crippen LogP contribution in [0.4, 0.5) is 0 Å². The van der Waals surface area contributed by atoms with Crippen LogP contribution in [-0.4, -0.2) is 14.9 Å². The first kappa shape index (κ1) is 11.0. The van der Waals surface area contributed by atoms with Crippen molar-refractivity contribution < 1.29 is 4.43 Å². The van der Waals surface area contributed by atoms with Crippen LogP contribution < -0.4 is 0 Å². The Hall–Kier alpha value is -0.0831. The molecule has 1 rings (SSSR count). The second-order valence-electron chi connectivity index (χ2n) is 5.63. The summed E-state index contributed by atoms with van der Waals surface area (Å²) in [6, 6.07) is 0. The summed E-state index contributed by atoms with van der Waals surface area (Å²) in [5.74, 6) is 0.675. The third-order valence-corrected chi connectivity index (χ3v) is 7.88. The first-order valence-corrected chi connectivity index (χ1v) is 7.96. The van der Waals surface area contributed by atoms with Gasteiger partial charge in [0.25, 0.3) is 0 Å². The van der Waals surface area contributed by atoms with E-state index < -0.39 is 8.32 Å². The van der Waals surface area contributed by atoms with Gasteiger partial charge in [-0.1, -0.05) is 32.9 Å². The van der Waals surface area contributed by atoms with E-state index in [1.165, 1.54) is 12.0 Å². The predicted molar refractivity (Wildman–Crippen MR) is 60.4 cm³/mol. The van der Waals surface area contributed by atoms with Gasteiger partial charge in [-0.15, -0.1) is 0 Å². The van der Waals surface area contributed by atoms with Gasteiger partial charge in [0.15, 0.2) is 8.32 Å². The SMILES string of the molecule is C=C1CC1CO[Si](C)(C)C(C)(C)C. The highest BCUT2D eigenvalue weighted by Gasteiger charge is 2.39. The van der Waals surface area contributed by atoms with Gasteiger partial charge in [0.2, 0.25) is 0 Å². The van der Waals surface area contributed by atoms with Crippen molar-refractivity contribution in [3.63, 3.8) is 0 Å². The largest absolute Gasteiger partial charge is 0.416 e. The van der Waals surface area contributed by atoms with Crippen LogP contribution in [0.1, 0.15) is 27.2 Å². The molecule has 0 N–H and O–H groups in total. The molecule has 0 aromatic carbocycles. The van der Waals surface area contributed by atoms with E-state index >= 15 is 0 Å². The van der Waals surface area contributed by atoms with Crippen LogP contribution in [0.2, 0.25) is 18.1 Å². The fourth-order valence-corrected chi connectivity index (χ4v) is 2.01. The molecule has 1 atom stereocenters. The Morgan fingerprint density at radius 2 is 1.92 bits per heavy atom. The summed E-state index contributed by atoms with van der Waals surface area (Å²) in [6.45, 7) is 16.3. The molecule has 1 aliphatic rings. The van der Waals surface area contributed by atoms with E-state index in [2.05, 4.69) is 40.4 Å². The molecule has 1 fully saturated rings. The van der Waals surface area contributed by atoms with Gasteiger partial charge >= 0.3 is 0 Å². The highest BCUT2D eigenvalue weighted by molar-refractivity contribution is 6.74. The van der Waals surface area contributed by atoms with Crippen LogP contribution in [0.5, 0.6) is 0 Å². The van der Waals surface area contributed by atoms with Crippen LogP contribution in [0.3, 0.4) is 0 Å². The lowest BCUT2D eigenvalue weighted by molar-refractivity contribution is 0.276. The zero-order chi connectivity index (χ0) is 10.3. The normalized spacial score (nSPS) is 23.5. The standard InChI is InChI=1S/C11H22OSi/c1-9-7-10(9)8-12-13(5,6)11(2,3)4/h10H,1,7-8H2,2-6H3. The van der Waals surface area contributed by atoms with Crippen molar-refractivity contribution in [1.82, 2.24) is 0 Å². The zero-order valence-electron chi connectivity index (χ0n) is 9.61. The van der Waals surface area contributed by atoms with Gasteiger partial charge < -0.3 is 4.43 Å². The molecule has 76 valence electrons. The molecule has 0 spiro atoms. The molecule has 0 radical (unpaired) electrons. The Morgan fingerprint density at radius 3 is 2.23 bits per heavy atom. The minimum atomic E-state index is -1.50. The molecule has 0 aromatic heterocycles. The van der Waals surface area contributed by atoms with Gasteiger partial charge in [0, 0.05) is 12.5 Å². The van der Waals surface area contributed by atoms with Gasteiger partial charge in [-0.05, 0) is 24.6 Å². The molecule has 0 saturated heterocycles. The lowest BCUT2D eigenvalue weighted by atomic mass is 10.2. The van der Waals surface area contributed by atoms with E-state index in [9.17, 15) is 0 Å². The Labute approximate surface area is 83.3 Å². The van der Waals surface area contributed by atoms with Crippen LogP contribution in [0.15, 0.2) is 12.2 Å². The van der Waals surface area contributed by atoms with E-state index in [4.69, 9.17) is 4.43 Å². The maximum atomic E-state index is 6.07. The molecule has 1 nitrogen and oxygen atoms in total. The monoisotopic (exact) mass is 198 g/mol. The maximum Gasteiger partial charge on any atom is 0.192 e. The quantitative estimate of drug-likeness (QED) is 0.497. The fourth-order valence-electron chi connectivity index (χ4n) is 0.960. The van der Waals surface area contributed by atoms with E-state index in [1.807, 2.05) is 0 Å². The van der Waals surface area contributed by atoms with Crippen LogP contribution in [0, 0.1) is 5.92 Å². The van der Waals surface area contributed by atoms with Crippen molar-refractivity contribution in [2.45, 2.75) is 45.3 Å². The van der Waals surface area contributed by atoms with Crippen molar-refractivity contribution in [2.75, 3.05) is 6.61 Å². The van der Waals surface area contributed by atoms with Crippen molar-refractivity contribution in [1.29, 1.82) is 0 Å². The summed E-state index contributed by atoms with van der Waals surface area (Å²) >= 11 is 0. The topological polar surface area (TPSA) is 9.23 Å². The molecule has 2 heteroatoms. The van der Waals surface area contributed by atoms with Crippen LogP contribution >= 0.6 is 0 Å². The Bertz CT molecular complexity index is 213. The first-order chi connectivity index (χ1) is 5.74. The Morgan fingerprint density at radius 1 is 1.46 bits per heavy atom. The Balaban J connectivity index is 2.38. The molecular formula is C11H22OSi. The molecule has 0 aliphatic heterocycles. The number of hydrogen-bond acceptors (Lipinski definition) is 1. The summed E-state index contributed by atoms with van der Waals surface area (Å²) < 4.78 is 6.07. The summed E-state index contributed by atoms with van der Waals surface area (Å²) in [4.78, 5) is 0. The smallest absolute Gasteiger partial charge is 0.192 e. The van der Waals surface area contributed by atoms with Crippen LogP contribution in [0.25, 0.3) is 0 Å². The average Bonchev–Trinajstić information content (AvgIpc) is 2.60. The predicted octanol–water partition coefficient (Wildman–Crippen LogP) is 3.58. The fraction of sp³-hybridized carbons (Fsp3) is 0.818. The van der Waals surface area contributed by atoms with Gasteiger partial charge in [0.1, 0.15) is 0 Å². The minimum Gasteiger partial charge on any atom is -0.416 e. The van der Waals surface area contributed by atoms with E-state index in [1.54, 1.807) is 0 Å². The average molecular weight is 198 g/mol. The molecule has 1 saturated carbocycles. The highest BCUT2D eigenvalue weighted by Crippen LogP contribution is 2.40. The molecular weight excluding hydrogens is 176 g/mol. The van der Waals surface area contributed by atoms with Gasteiger partial charge in [-0.3, -0.25) is 0 Å². The van der Waals surface area contributed by atoms with Crippen molar-refractivity contribution in [3.8, 4) is 0 Å². The van der Waals surface area contributed by atoms with Gasteiger partial charge in [-0.2, -0.15) is 0 Å². The molecule has 1 unspecified atom stereocenters.